The van der Waals surface area contributed by atoms with Gasteiger partial charge in [-0.1, -0.05) is 22.0 Å². The molecule has 0 fully saturated rings. The van der Waals surface area contributed by atoms with Gasteiger partial charge in [0.15, 0.2) is 0 Å². The molecule has 0 saturated carbocycles. The molecule has 1 aromatic carbocycles. The van der Waals surface area contributed by atoms with Crippen LogP contribution in [0, 0.1) is 12.4 Å². The lowest BCUT2D eigenvalue weighted by Crippen LogP contribution is -2.05. The molecule has 0 aliphatic heterocycles. The van der Waals surface area contributed by atoms with Crippen LogP contribution in [0.2, 0.25) is 0 Å². The van der Waals surface area contributed by atoms with Crippen molar-refractivity contribution in [2.75, 3.05) is 6.54 Å². The zero-order valence-corrected chi connectivity index (χ0v) is 8.84. The molecule has 72 valence electrons. The zero-order chi connectivity index (χ0) is 10.6. The maximum Gasteiger partial charge on any atom is 0.272 e. The summed E-state index contributed by atoms with van der Waals surface area (Å²) < 4.78 is 13.2. The van der Waals surface area contributed by atoms with Gasteiger partial charge in [0.2, 0.25) is 5.78 Å². The number of nitrogens with zero attached hydrogens (tertiary/aromatic N) is 1. The predicted octanol–water partition coefficient (Wildman–Crippen LogP) is 2.62. The molecule has 0 N–H and O–H groups in total. The normalized spacial score (nSPS) is 9.50. The van der Waals surface area contributed by atoms with Crippen molar-refractivity contribution in [3.05, 3.63) is 45.5 Å². The van der Waals surface area contributed by atoms with Crippen LogP contribution in [0.15, 0.2) is 22.7 Å². The molecule has 0 spiro atoms. The van der Waals surface area contributed by atoms with Crippen molar-refractivity contribution >= 4 is 21.7 Å². The molecule has 0 bridgehead atoms. The smallest absolute Gasteiger partial charge is 0.272 e. The fourth-order valence-corrected chi connectivity index (χ4v) is 1.51. The van der Waals surface area contributed by atoms with Crippen molar-refractivity contribution in [2.45, 2.75) is 6.42 Å². The summed E-state index contributed by atoms with van der Waals surface area (Å²) in [6.45, 7) is 6.40. The van der Waals surface area contributed by atoms with E-state index in [0.29, 0.717) is 10.0 Å². The molecule has 0 unspecified atom stereocenters. The van der Waals surface area contributed by atoms with Crippen LogP contribution in [0.4, 0.5) is 4.39 Å². The Morgan fingerprint density at radius 2 is 2.29 bits per heavy atom. The Hall–Kier alpha value is -1.21. The quantitative estimate of drug-likeness (QED) is 0.761. The third-order valence-electron chi connectivity index (χ3n) is 1.66. The molecular formula is C10H7BrFNO. The number of Topliss-reactive ketones (excluding diaryl/α,β-unsaturated/α-hetero) is 1. The molecular weight excluding hydrogens is 249 g/mol. The molecule has 0 saturated heterocycles. The van der Waals surface area contributed by atoms with Crippen LogP contribution >= 0.6 is 15.9 Å². The summed E-state index contributed by atoms with van der Waals surface area (Å²) in [5.74, 6) is -0.509. The number of carbonyl (C=O) groups is 1. The number of rotatable bonds is 3. The van der Waals surface area contributed by atoms with Crippen molar-refractivity contribution in [2.24, 2.45) is 0 Å². The number of hydrogen-bond acceptors (Lipinski definition) is 1. The molecule has 0 heterocycles. The number of carbonyl (C=O) groups excluding carboxylic acids is 1. The highest BCUT2D eigenvalue weighted by molar-refractivity contribution is 9.10. The van der Waals surface area contributed by atoms with Crippen molar-refractivity contribution in [3.63, 3.8) is 0 Å². The Labute approximate surface area is 89.7 Å². The van der Waals surface area contributed by atoms with Crippen molar-refractivity contribution in [1.82, 2.24) is 0 Å². The second-order valence-electron chi connectivity index (χ2n) is 2.77. The van der Waals surface area contributed by atoms with Gasteiger partial charge in [-0.05, 0) is 17.7 Å². The van der Waals surface area contributed by atoms with Gasteiger partial charge in [0.1, 0.15) is 5.82 Å². The monoisotopic (exact) mass is 255 g/mol. The third kappa shape index (κ3) is 2.93. The molecule has 0 atom stereocenters. The number of ketones is 1. The van der Waals surface area contributed by atoms with E-state index in [1.807, 2.05) is 0 Å². The number of halogens is 2. The Balaban J connectivity index is 2.78. The average Bonchev–Trinajstić information content (AvgIpc) is 2.10. The fourth-order valence-electron chi connectivity index (χ4n) is 1.02. The van der Waals surface area contributed by atoms with Crippen molar-refractivity contribution in [1.29, 1.82) is 0 Å². The predicted molar refractivity (Wildman–Crippen MR) is 54.3 cm³/mol. The van der Waals surface area contributed by atoms with E-state index in [-0.39, 0.29) is 24.6 Å². The van der Waals surface area contributed by atoms with Crippen LogP contribution in [0.3, 0.4) is 0 Å². The van der Waals surface area contributed by atoms with Crippen molar-refractivity contribution < 1.29 is 9.18 Å². The highest BCUT2D eigenvalue weighted by Gasteiger charge is 2.09. The van der Waals surface area contributed by atoms with Crippen LogP contribution in [0.5, 0.6) is 0 Å². The zero-order valence-electron chi connectivity index (χ0n) is 7.26. The van der Waals surface area contributed by atoms with Crippen LogP contribution < -0.4 is 0 Å². The van der Waals surface area contributed by atoms with Gasteiger partial charge in [0.25, 0.3) is 6.54 Å². The molecule has 1 aromatic rings. The SMILES string of the molecule is [C-]#[N+]CC(=O)Cc1ccc(F)cc1Br. The summed E-state index contributed by atoms with van der Waals surface area (Å²) in [7, 11) is 0. The van der Waals surface area contributed by atoms with Crippen LogP contribution in [0.25, 0.3) is 4.85 Å². The first-order valence-electron chi connectivity index (χ1n) is 3.92. The molecule has 0 amide bonds. The minimum Gasteiger partial charge on any atom is -0.309 e. The highest BCUT2D eigenvalue weighted by atomic mass is 79.9. The maximum atomic E-state index is 12.7. The maximum absolute atomic E-state index is 12.7. The van der Waals surface area contributed by atoms with Gasteiger partial charge in [-0.15, -0.1) is 0 Å². The van der Waals surface area contributed by atoms with E-state index < -0.39 is 0 Å². The van der Waals surface area contributed by atoms with Gasteiger partial charge in [-0.2, -0.15) is 0 Å². The summed E-state index contributed by atoms with van der Waals surface area (Å²) in [6, 6.07) is 4.15. The Kier molecular flexibility index (Phi) is 3.78. The second-order valence-corrected chi connectivity index (χ2v) is 3.62. The van der Waals surface area contributed by atoms with E-state index in [0.717, 1.165) is 0 Å². The first-order valence-corrected chi connectivity index (χ1v) is 4.71. The number of benzene rings is 1. The van der Waals surface area contributed by atoms with Crippen LogP contribution in [0.1, 0.15) is 5.56 Å². The lowest BCUT2D eigenvalue weighted by molar-refractivity contribution is -0.116. The van der Waals surface area contributed by atoms with E-state index in [2.05, 4.69) is 20.8 Å². The van der Waals surface area contributed by atoms with Gasteiger partial charge in [-0.25, -0.2) is 11.0 Å². The van der Waals surface area contributed by atoms with Crippen molar-refractivity contribution in [3.8, 4) is 0 Å². The summed E-state index contributed by atoms with van der Waals surface area (Å²) >= 11 is 3.16. The summed E-state index contributed by atoms with van der Waals surface area (Å²) in [5.41, 5.74) is 0.708. The minimum atomic E-state index is -0.349. The van der Waals surface area contributed by atoms with E-state index in [1.165, 1.54) is 12.1 Å². The molecule has 0 aliphatic rings. The van der Waals surface area contributed by atoms with Gasteiger partial charge in [0.05, 0.1) is 0 Å². The molecule has 0 aromatic heterocycles. The lowest BCUT2D eigenvalue weighted by Gasteiger charge is -2.00. The molecule has 4 heteroatoms. The molecule has 2 nitrogen and oxygen atoms in total. The highest BCUT2D eigenvalue weighted by Crippen LogP contribution is 2.18. The lowest BCUT2D eigenvalue weighted by atomic mass is 10.1. The van der Waals surface area contributed by atoms with Gasteiger partial charge < -0.3 is 4.85 Å². The Morgan fingerprint density at radius 3 is 2.86 bits per heavy atom. The first-order chi connectivity index (χ1) is 6.63. The molecule has 14 heavy (non-hydrogen) atoms. The minimum absolute atomic E-state index is 0.121. The van der Waals surface area contributed by atoms with E-state index in [1.54, 1.807) is 6.07 Å². The Morgan fingerprint density at radius 1 is 1.57 bits per heavy atom. The molecule has 0 radical (unpaired) electrons. The summed E-state index contributed by atoms with van der Waals surface area (Å²) in [5, 5.41) is 0. The number of hydrogen-bond donors (Lipinski definition) is 0. The summed E-state index contributed by atoms with van der Waals surface area (Å²) in [4.78, 5) is 14.1. The topological polar surface area (TPSA) is 21.4 Å². The average molecular weight is 256 g/mol. The standard InChI is InChI=1S/C10H7BrFNO/c1-13-6-9(14)4-7-2-3-8(12)5-10(7)11/h2-3,5H,4,6H2. The van der Waals surface area contributed by atoms with Crippen LogP contribution in [-0.4, -0.2) is 12.3 Å². The molecule has 1 rings (SSSR count). The summed E-state index contributed by atoms with van der Waals surface area (Å²) in [6.07, 6.45) is 0.170. The van der Waals surface area contributed by atoms with E-state index in [9.17, 15) is 9.18 Å². The van der Waals surface area contributed by atoms with Crippen LogP contribution in [-0.2, 0) is 11.2 Å². The fraction of sp³-hybridized carbons (Fsp3) is 0.200. The van der Waals surface area contributed by atoms with E-state index in [4.69, 9.17) is 6.57 Å². The Bertz CT molecular complexity index is 398. The second kappa shape index (κ2) is 4.87. The largest absolute Gasteiger partial charge is 0.309 e. The molecule has 0 aliphatic carbocycles. The van der Waals surface area contributed by atoms with Gasteiger partial charge in [-0.3, -0.25) is 4.79 Å². The third-order valence-corrected chi connectivity index (χ3v) is 2.40. The van der Waals surface area contributed by atoms with Gasteiger partial charge in [0, 0.05) is 10.9 Å². The first kappa shape index (κ1) is 10.9. The van der Waals surface area contributed by atoms with E-state index >= 15 is 0 Å². The van der Waals surface area contributed by atoms with Gasteiger partial charge >= 0.3 is 0 Å².